The van der Waals surface area contributed by atoms with Crippen LogP contribution in [0.5, 0.6) is 0 Å². The van der Waals surface area contributed by atoms with Gasteiger partial charge in [0.2, 0.25) is 11.8 Å². The topological polar surface area (TPSA) is 167 Å². The molecule has 42 heavy (non-hydrogen) atoms. The molecule has 7 N–H and O–H groups in total. The van der Waals surface area contributed by atoms with Crippen molar-refractivity contribution >= 4 is 34.6 Å². The molecule has 0 saturated heterocycles. The number of hydrogen-bond acceptors (Lipinski definition) is 5. The molecule has 0 aliphatic rings. The number of para-hydroxylation sites is 1. The fourth-order valence-electron chi connectivity index (χ4n) is 5.05. The first kappa shape index (κ1) is 30.0. The first-order valence-corrected chi connectivity index (χ1v) is 13.9. The molecule has 0 radical (unpaired) electrons. The Morgan fingerprint density at radius 2 is 1.50 bits per heavy atom. The number of imide groups is 1. The van der Waals surface area contributed by atoms with Gasteiger partial charge in [0.1, 0.15) is 6.54 Å². The van der Waals surface area contributed by atoms with Gasteiger partial charge in [-0.15, -0.1) is 0 Å². The molecule has 0 aliphatic carbocycles. The summed E-state index contributed by atoms with van der Waals surface area (Å²) in [6.45, 7) is -0.0431. The zero-order chi connectivity index (χ0) is 29.9. The molecule has 1 aromatic heterocycles. The number of H-pyrrole nitrogens is 1. The minimum absolute atomic E-state index is 0.0542. The van der Waals surface area contributed by atoms with Crippen molar-refractivity contribution in [1.82, 2.24) is 15.2 Å². The summed E-state index contributed by atoms with van der Waals surface area (Å²) in [5, 5.41) is 14.1. The Bertz CT molecular complexity index is 1480. The Morgan fingerprint density at radius 3 is 2.12 bits per heavy atom. The molecule has 218 valence electrons. The van der Waals surface area contributed by atoms with Crippen LogP contribution in [0.15, 0.2) is 96.1 Å². The standard InChI is InChI=1S/C32H36N6O4/c33-32(34)36-18-9-16-27(35-19-17-24-20-37-26-15-8-7-14-25(24)26)30(41)38(21-28(39)40)31(42)29(22-10-3-1-4-11-22)23-12-5-2-6-13-23/h1-8,10-15,20,27,29,35,37H,9,16-19,21H2,(H,39,40)(H4,33,34,36)/t27-/m0/s1. The number of aromatic nitrogens is 1. The number of nitrogens with two attached hydrogens (primary N) is 2. The van der Waals surface area contributed by atoms with Crippen LogP contribution < -0.4 is 16.8 Å². The minimum atomic E-state index is -1.28. The molecule has 0 unspecified atom stereocenters. The van der Waals surface area contributed by atoms with Crippen LogP contribution in [-0.2, 0) is 20.8 Å². The van der Waals surface area contributed by atoms with Crippen LogP contribution >= 0.6 is 0 Å². The van der Waals surface area contributed by atoms with Gasteiger partial charge in [0.15, 0.2) is 5.96 Å². The van der Waals surface area contributed by atoms with Crippen LogP contribution in [0.3, 0.4) is 0 Å². The highest BCUT2D eigenvalue weighted by Gasteiger charge is 2.35. The quantitative estimate of drug-likeness (QED) is 0.0885. The molecule has 4 rings (SSSR count). The van der Waals surface area contributed by atoms with E-state index < -0.39 is 36.3 Å². The molecule has 0 fully saturated rings. The summed E-state index contributed by atoms with van der Waals surface area (Å²) >= 11 is 0. The lowest BCUT2D eigenvalue weighted by Crippen LogP contribution is -2.52. The lowest BCUT2D eigenvalue weighted by Gasteiger charge is -2.29. The van der Waals surface area contributed by atoms with Crippen molar-refractivity contribution in [3.05, 3.63) is 108 Å². The summed E-state index contributed by atoms with van der Waals surface area (Å²) in [5.41, 5.74) is 14.3. The first-order chi connectivity index (χ1) is 20.3. The highest BCUT2D eigenvalue weighted by atomic mass is 16.4. The maximum Gasteiger partial charge on any atom is 0.323 e. The number of nitrogens with zero attached hydrogens (tertiary/aromatic N) is 2. The van der Waals surface area contributed by atoms with E-state index in [2.05, 4.69) is 15.3 Å². The molecule has 0 bridgehead atoms. The molecule has 3 aromatic carbocycles. The predicted octanol–water partition coefficient (Wildman–Crippen LogP) is 2.99. The van der Waals surface area contributed by atoms with Crippen molar-refractivity contribution in [2.75, 3.05) is 19.6 Å². The highest BCUT2D eigenvalue weighted by Crippen LogP contribution is 2.27. The molecule has 10 heteroatoms. The van der Waals surface area contributed by atoms with Crippen LogP contribution in [0.1, 0.15) is 35.4 Å². The van der Waals surface area contributed by atoms with Gasteiger partial charge in [-0.2, -0.15) is 0 Å². The number of aliphatic imine (C=N–C) groups is 1. The van der Waals surface area contributed by atoms with E-state index in [1.165, 1.54) is 0 Å². The van der Waals surface area contributed by atoms with Gasteiger partial charge >= 0.3 is 5.97 Å². The summed E-state index contributed by atoms with van der Waals surface area (Å²) in [7, 11) is 0. The third kappa shape index (κ3) is 7.82. The Hall–Kier alpha value is -4.96. The number of hydrogen-bond donors (Lipinski definition) is 5. The Kier molecular flexibility index (Phi) is 10.4. The zero-order valence-corrected chi connectivity index (χ0v) is 23.3. The van der Waals surface area contributed by atoms with Gasteiger partial charge in [-0.3, -0.25) is 24.3 Å². The van der Waals surface area contributed by atoms with Crippen molar-refractivity contribution in [1.29, 1.82) is 0 Å². The second-order valence-corrected chi connectivity index (χ2v) is 9.98. The number of guanidine groups is 1. The number of benzene rings is 3. The second kappa shape index (κ2) is 14.6. The molecule has 1 heterocycles. The Labute approximate surface area is 244 Å². The summed E-state index contributed by atoms with van der Waals surface area (Å²) in [6, 6.07) is 25.2. The number of aromatic amines is 1. The number of amides is 2. The van der Waals surface area contributed by atoms with E-state index in [4.69, 9.17) is 11.5 Å². The van der Waals surface area contributed by atoms with Gasteiger partial charge in [-0.05, 0) is 48.6 Å². The fraction of sp³-hybridized carbons (Fsp3) is 0.250. The van der Waals surface area contributed by atoms with E-state index in [1.807, 2.05) is 42.6 Å². The van der Waals surface area contributed by atoms with E-state index in [-0.39, 0.29) is 5.96 Å². The molecule has 1 atom stereocenters. The monoisotopic (exact) mass is 568 g/mol. The number of nitrogens with one attached hydrogen (secondary N) is 2. The highest BCUT2D eigenvalue weighted by molar-refractivity contribution is 6.04. The molecule has 0 aliphatic heterocycles. The number of carbonyl (C=O) groups is 3. The number of carboxylic acids is 1. The van der Waals surface area contributed by atoms with Crippen LogP contribution in [-0.4, -0.2) is 64.4 Å². The van der Waals surface area contributed by atoms with E-state index in [9.17, 15) is 19.5 Å². The summed E-state index contributed by atoms with van der Waals surface area (Å²) < 4.78 is 0. The molecule has 2 amide bonds. The normalized spacial score (nSPS) is 11.7. The average molecular weight is 569 g/mol. The molecule has 10 nitrogen and oxygen atoms in total. The van der Waals surface area contributed by atoms with Crippen LogP contribution in [0.25, 0.3) is 10.9 Å². The second-order valence-electron chi connectivity index (χ2n) is 9.98. The molecular weight excluding hydrogens is 532 g/mol. The maximum atomic E-state index is 14.1. The maximum absolute atomic E-state index is 14.1. The number of fused-ring (bicyclic) bond motifs is 1. The van der Waals surface area contributed by atoms with Gasteiger partial charge in [0.05, 0.1) is 12.0 Å². The third-order valence-corrected chi connectivity index (χ3v) is 7.04. The number of rotatable bonds is 14. The van der Waals surface area contributed by atoms with Crippen molar-refractivity contribution in [2.45, 2.75) is 31.2 Å². The smallest absolute Gasteiger partial charge is 0.323 e. The first-order valence-electron chi connectivity index (χ1n) is 13.9. The van der Waals surface area contributed by atoms with Gasteiger partial charge in [-0.25, -0.2) is 0 Å². The summed E-state index contributed by atoms with van der Waals surface area (Å²) in [4.78, 5) is 48.2. The Balaban J connectivity index is 1.59. The molecule has 0 saturated carbocycles. The number of carboxylic acid groups (broad SMARTS) is 1. The predicted molar refractivity (Wildman–Crippen MR) is 163 cm³/mol. The number of aliphatic carboxylic acids is 1. The van der Waals surface area contributed by atoms with Gasteiger partial charge in [0.25, 0.3) is 0 Å². The van der Waals surface area contributed by atoms with Crippen LogP contribution in [0.2, 0.25) is 0 Å². The molecule has 0 spiro atoms. The lowest BCUT2D eigenvalue weighted by atomic mass is 9.89. The molecule has 4 aromatic rings. The van der Waals surface area contributed by atoms with Gasteiger partial charge in [-0.1, -0.05) is 78.9 Å². The van der Waals surface area contributed by atoms with E-state index in [0.717, 1.165) is 21.4 Å². The Morgan fingerprint density at radius 1 is 0.881 bits per heavy atom. The van der Waals surface area contributed by atoms with Crippen molar-refractivity contribution in [3.63, 3.8) is 0 Å². The van der Waals surface area contributed by atoms with Crippen molar-refractivity contribution < 1.29 is 19.5 Å². The largest absolute Gasteiger partial charge is 0.480 e. The van der Waals surface area contributed by atoms with Crippen molar-refractivity contribution in [3.8, 4) is 0 Å². The minimum Gasteiger partial charge on any atom is -0.480 e. The number of carbonyl (C=O) groups excluding carboxylic acids is 2. The van der Waals surface area contributed by atoms with Crippen LogP contribution in [0, 0.1) is 0 Å². The zero-order valence-electron chi connectivity index (χ0n) is 23.3. The summed E-state index contributed by atoms with van der Waals surface area (Å²) in [6.07, 6.45) is 3.30. The molecular formula is C32H36N6O4. The van der Waals surface area contributed by atoms with Gasteiger partial charge < -0.3 is 26.9 Å². The van der Waals surface area contributed by atoms with E-state index in [0.29, 0.717) is 43.5 Å². The van der Waals surface area contributed by atoms with Gasteiger partial charge in [0, 0.05) is 23.6 Å². The average Bonchev–Trinajstić information content (AvgIpc) is 3.40. The van der Waals surface area contributed by atoms with E-state index in [1.54, 1.807) is 48.5 Å². The fourth-order valence-corrected chi connectivity index (χ4v) is 5.05. The lowest BCUT2D eigenvalue weighted by molar-refractivity contribution is -0.154. The van der Waals surface area contributed by atoms with Crippen molar-refractivity contribution in [2.24, 2.45) is 16.5 Å². The van der Waals surface area contributed by atoms with E-state index >= 15 is 0 Å². The third-order valence-electron chi connectivity index (χ3n) is 7.04. The SMILES string of the molecule is NC(N)=NCCC[C@H](NCCc1c[nH]c2ccccc12)C(=O)N(CC(=O)O)C(=O)C(c1ccccc1)c1ccccc1. The summed E-state index contributed by atoms with van der Waals surface area (Å²) in [5.74, 6) is -3.41. The van der Waals surface area contributed by atoms with Crippen LogP contribution in [0.4, 0.5) is 0 Å².